The highest BCUT2D eigenvalue weighted by Gasteiger charge is 2.19. The van der Waals surface area contributed by atoms with Crippen LogP contribution in [-0.2, 0) is 13.1 Å². The Morgan fingerprint density at radius 1 is 1.13 bits per heavy atom. The Balaban J connectivity index is 1.50. The summed E-state index contributed by atoms with van der Waals surface area (Å²) < 4.78 is 24.1. The van der Waals surface area contributed by atoms with E-state index in [1.54, 1.807) is 19.1 Å². The molecule has 0 N–H and O–H groups in total. The topological polar surface area (TPSA) is 54.6 Å². The molecule has 1 aromatic heterocycles. The van der Waals surface area contributed by atoms with Crippen LogP contribution in [-0.4, -0.2) is 53.3 Å². The van der Waals surface area contributed by atoms with Crippen molar-refractivity contribution in [3.8, 4) is 5.75 Å². The molecule has 1 aliphatic rings. The second-order valence-corrected chi connectivity index (χ2v) is 5.74. The van der Waals surface area contributed by atoms with E-state index < -0.39 is 0 Å². The highest BCUT2D eigenvalue weighted by atomic mass is 19.1. The Kier molecular flexibility index (Phi) is 4.88. The fraction of sp³-hybridized carbons (Fsp3) is 0.500. The number of rotatable bonds is 5. The molecule has 0 amide bonds. The standard InChI is InChI=1S/C16H21FN4O2/c1-12-18-19-16(23-12)11-21-7-5-20(6-8-21)10-13-3-4-15(22-2)14(17)9-13/h3-4,9H,5-8,10-11H2,1-2H3. The van der Waals surface area contributed by atoms with Gasteiger partial charge in [-0.15, -0.1) is 10.2 Å². The molecular weight excluding hydrogens is 299 g/mol. The van der Waals surface area contributed by atoms with Gasteiger partial charge in [0.15, 0.2) is 11.6 Å². The number of nitrogens with zero attached hydrogens (tertiary/aromatic N) is 4. The molecule has 23 heavy (non-hydrogen) atoms. The molecule has 2 aromatic rings. The van der Waals surface area contributed by atoms with Crippen LogP contribution in [0.25, 0.3) is 0 Å². The van der Waals surface area contributed by atoms with E-state index in [2.05, 4.69) is 20.0 Å². The van der Waals surface area contributed by atoms with Crippen molar-refractivity contribution in [1.82, 2.24) is 20.0 Å². The van der Waals surface area contributed by atoms with Gasteiger partial charge < -0.3 is 9.15 Å². The molecule has 2 heterocycles. The van der Waals surface area contributed by atoms with Gasteiger partial charge in [-0.1, -0.05) is 6.07 Å². The minimum Gasteiger partial charge on any atom is -0.494 e. The van der Waals surface area contributed by atoms with Crippen LogP contribution in [0.4, 0.5) is 4.39 Å². The summed E-state index contributed by atoms with van der Waals surface area (Å²) in [5.41, 5.74) is 0.962. The first-order valence-electron chi connectivity index (χ1n) is 7.70. The number of halogens is 1. The zero-order valence-corrected chi connectivity index (χ0v) is 13.5. The van der Waals surface area contributed by atoms with Crippen LogP contribution in [0.1, 0.15) is 17.3 Å². The van der Waals surface area contributed by atoms with Crippen LogP contribution in [0.2, 0.25) is 0 Å². The maximum atomic E-state index is 13.7. The molecule has 0 bridgehead atoms. The van der Waals surface area contributed by atoms with Crippen molar-refractivity contribution in [2.24, 2.45) is 0 Å². The largest absolute Gasteiger partial charge is 0.494 e. The minimum absolute atomic E-state index is 0.286. The second kappa shape index (κ2) is 7.06. The Morgan fingerprint density at radius 2 is 1.83 bits per heavy atom. The lowest BCUT2D eigenvalue weighted by Gasteiger charge is -2.33. The van der Waals surface area contributed by atoms with Crippen molar-refractivity contribution in [3.05, 3.63) is 41.4 Å². The zero-order valence-electron chi connectivity index (χ0n) is 13.5. The van der Waals surface area contributed by atoms with Gasteiger partial charge in [0.1, 0.15) is 0 Å². The highest BCUT2D eigenvalue weighted by molar-refractivity contribution is 5.29. The second-order valence-electron chi connectivity index (χ2n) is 5.74. The summed E-state index contributed by atoms with van der Waals surface area (Å²) in [5, 5.41) is 7.87. The van der Waals surface area contributed by atoms with Gasteiger partial charge in [-0.25, -0.2) is 4.39 Å². The van der Waals surface area contributed by atoms with E-state index in [-0.39, 0.29) is 11.6 Å². The fourth-order valence-electron chi connectivity index (χ4n) is 2.76. The predicted molar refractivity (Wildman–Crippen MR) is 82.5 cm³/mol. The lowest BCUT2D eigenvalue weighted by Crippen LogP contribution is -2.45. The maximum absolute atomic E-state index is 13.7. The minimum atomic E-state index is -0.310. The van der Waals surface area contributed by atoms with Gasteiger partial charge in [-0.05, 0) is 17.7 Å². The Morgan fingerprint density at radius 3 is 2.39 bits per heavy atom. The summed E-state index contributed by atoms with van der Waals surface area (Å²) in [5.74, 6) is 1.23. The molecule has 0 saturated carbocycles. The van der Waals surface area contributed by atoms with E-state index in [4.69, 9.17) is 9.15 Å². The van der Waals surface area contributed by atoms with Gasteiger partial charge in [-0.2, -0.15) is 0 Å². The Bertz CT molecular complexity index is 653. The number of hydrogen-bond acceptors (Lipinski definition) is 6. The summed E-state index contributed by atoms with van der Waals surface area (Å²) in [6.45, 7) is 6.95. The van der Waals surface area contributed by atoms with E-state index in [0.29, 0.717) is 18.3 Å². The maximum Gasteiger partial charge on any atom is 0.230 e. The average molecular weight is 320 g/mol. The van der Waals surface area contributed by atoms with Gasteiger partial charge in [0.25, 0.3) is 0 Å². The van der Waals surface area contributed by atoms with Gasteiger partial charge >= 0.3 is 0 Å². The molecule has 1 fully saturated rings. The molecule has 0 aliphatic carbocycles. The number of methoxy groups -OCH3 is 1. The normalized spacial score (nSPS) is 16.7. The van der Waals surface area contributed by atoms with Crippen LogP contribution in [0.3, 0.4) is 0 Å². The molecule has 124 valence electrons. The fourth-order valence-corrected chi connectivity index (χ4v) is 2.76. The molecule has 0 radical (unpaired) electrons. The summed E-state index contributed by atoms with van der Waals surface area (Å²) in [6, 6.07) is 5.14. The number of piperazine rings is 1. The van der Waals surface area contributed by atoms with Gasteiger partial charge in [0, 0.05) is 39.6 Å². The van der Waals surface area contributed by atoms with Crippen molar-refractivity contribution in [2.45, 2.75) is 20.0 Å². The molecule has 3 rings (SSSR count). The van der Waals surface area contributed by atoms with Gasteiger partial charge in [0.05, 0.1) is 13.7 Å². The smallest absolute Gasteiger partial charge is 0.230 e. The lowest BCUT2D eigenvalue weighted by molar-refractivity contribution is 0.114. The third kappa shape index (κ3) is 4.05. The first-order chi connectivity index (χ1) is 11.1. The van der Waals surface area contributed by atoms with Gasteiger partial charge in [0.2, 0.25) is 11.8 Å². The van der Waals surface area contributed by atoms with E-state index in [0.717, 1.165) is 38.3 Å². The van der Waals surface area contributed by atoms with Crippen LogP contribution in [0, 0.1) is 12.7 Å². The van der Waals surface area contributed by atoms with Crippen molar-refractivity contribution in [1.29, 1.82) is 0 Å². The third-order valence-corrected chi connectivity index (χ3v) is 4.01. The first kappa shape index (κ1) is 15.9. The summed E-state index contributed by atoms with van der Waals surface area (Å²) in [6.07, 6.45) is 0. The van der Waals surface area contributed by atoms with Gasteiger partial charge in [-0.3, -0.25) is 9.80 Å². The lowest BCUT2D eigenvalue weighted by atomic mass is 10.2. The quantitative estimate of drug-likeness (QED) is 0.838. The monoisotopic (exact) mass is 320 g/mol. The molecule has 1 aliphatic heterocycles. The van der Waals surface area contributed by atoms with Crippen molar-refractivity contribution in [2.75, 3.05) is 33.3 Å². The predicted octanol–water partition coefficient (Wildman–Crippen LogP) is 1.84. The van der Waals surface area contributed by atoms with E-state index in [1.807, 2.05) is 6.07 Å². The summed E-state index contributed by atoms with van der Waals surface area (Å²) >= 11 is 0. The molecule has 0 spiro atoms. The van der Waals surface area contributed by atoms with Crippen molar-refractivity contribution < 1.29 is 13.5 Å². The summed E-state index contributed by atoms with van der Waals surface area (Å²) in [7, 11) is 1.47. The van der Waals surface area contributed by atoms with E-state index in [1.165, 1.54) is 7.11 Å². The number of hydrogen-bond donors (Lipinski definition) is 0. The number of aromatic nitrogens is 2. The summed E-state index contributed by atoms with van der Waals surface area (Å²) in [4.78, 5) is 4.61. The number of benzene rings is 1. The Hall–Kier alpha value is -1.99. The molecule has 1 aromatic carbocycles. The highest BCUT2D eigenvalue weighted by Crippen LogP contribution is 2.19. The SMILES string of the molecule is COc1ccc(CN2CCN(Cc3nnc(C)o3)CC2)cc1F. The Labute approximate surface area is 134 Å². The van der Waals surface area contributed by atoms with E-state index in [9.17, 15) is 4.39 Å². The molecule has 0 unspecified atom stereocenters. The van der Waals surface area contributed by atoms with Crippen molar-refractivity contribution >= 4 is 0 Å². The average Bonchev–Trinajstić information content (AvgIpc) is 2.95. The third-order valence-electron chi connectivity index (χ3n) is 4.01. The number of aryl methyl sites for hydroxylation is 1. The van der Waals surface area contributed by atoms with Crippen LogP contribution in [0.5, 0.6) is 5.75 Å². The van der Waals surface area contributed by atoms with Crippen LogP contribution in [0.15, 0.2) is 22.6 Å². The van der Waals surface area contributed by atoms with E-state index >= 15 is 0 Å². The molecule has 0 atom stereocenters. The molecule has 1 saturated heterocycles. The molecule has 7 heteroatoms. The van der Waals surface area contributed by atoms with Crippen LogP contribution >= 0.6 is 0 Å². The molecular formula is C16H21FN4O2. The van der Waals surface area contributed by atoms with Crippen molar-refractivity contribution in [3.63, 3.8) is 0 Å². The van der Waals surface area contributed by atoms with Crippen LogP contribution < -0.4 is 4.74 Å². The first-order valence-corrected chi connectivity index (χ1v) is 7.70. The number of ether oxygens (including phenoxy) is 1. The molecule has 6 nitrogen and oxygen atoms in total. The zero-order chi connectivity index (χ0) is 16.2.